The summed E-state index contributed by atoms with van der Waals surface area (Å²) in [6.07, 6.45) is 4.14. The Morgan fingerprint density at radius 3 is 2.37 bits per heavy atom. The first kappa shape index (κ1) is 28.0. The van der Waals surface area contributed by atoms with Crippen molar-refractivity contribution in [1.82, 2.24) is 10.0 Å². The number of hydrogen-bond acceptors (Lipinski definition) is 6. The van der Waals surface area contributed by atoms with Gasteiger partial charge in [-0.05, 0) is 49.2 Å². The first-order valence-corrected chi connectivity index (χ1v) is 15.0. The highest BCUT2D eigenvalue weighted by molar-refractivity contribution is 7.90. The fourth-order valence-electron chi connectivity index (χ4n) is 5.21. The molecule has 1 saturated carbocycles. The minimum absolute atomic E-state index is 0.0284. The second-order valence-corrected chi connectivity index (χ2v) is 11.8. The topological polar surface area (TPSA) is 137 Å². The third-order valence-corrected chi connectivity index (χ3v) is 8.64. The van der Waals surface area contributed by atoms with Crippen LogP contribution in [-0.2, 0) is 14.8 Å². The van der Waals surface area contributed by atoms with Gasteiger partial charge in [-0.25, -0.2) is 17.9 Å². The van der Waals surface area contributed by atoms with Gasteiger partial charge in [0.15, 0.2) is 0 Å². The average molecular weight is 574 g/mol. The molecule has 3 aromatic rings. The van der Waals surface area contributed by atoms with Crippen molar-refractivity contribution in [2.24, 2.45) is 10.9 Å². The number of aliphatic imine (C=N–C) groups is 1. The monoisotopic (exact) mass is 573 g/mol. The number of hydrogen-bond donors (Lipinski definition) is 3. The Balaban J connectivity index is 1.32. The molecule has 0 saturated heterocycles. The molecule has 212 valence electrons. The fraction of sp³-hybridized carbons (Fsp3) is 0.267. The summed E-state index contributed by atoms with van der Waals surface area (Å²) in [6.45, 7) is 0. The molecule has 1 atom stereocenters. The summed E-state index contributed by atoms with van der Waals surface area (Å²) in [4.78, 5) is 45.4. The normalized spacial score (nSPS) is 17.6. The first-order valence-electron chi connectivity index (χ1n) is 13.5. The number of benzodiazepines with no additional fused rings is 1. The second kappa shape index (κ2) is 11.9. The van der Waals surface area contributed by atoms with Crippen LogP contribution in [0.15, 0.2) is 88.8 Å². The van der Waals surface area contributed by atoms with Crippen molar-refractivity contribution in [2.45, 2.75) is 43.2 Å². The van der Waals surface area contributed by atoms with E-state index in [1.54, 1.807) is 31.3 Å². The Hall–Kier alpha value is -4.51. The summed E-state index contributed by atoms with van der Waals surface area (Å²) in [5, 5.41) is 5.31. The standard InChI is InChI=1S/C30H31N5O5S/c1-35-25-18-9-8-17-24(25)26(20-11-4-2-5-12-20)32-27(29(35)37)33-30(38)31-22-14-10-13-21(19-22)28(36)34-41(39,40)23-15-6-3-7-16-23/h3,6-10,13-20,27H,2,4-5,11-12H2,1H3,(H,34,36)(H2,31,33,38). The van der Waals surface area contributed by atoms with E-state index in [0.29, 0.717) is 0 Å². The summed E-state index contributed by atoms with van der Waals surface area (Å²) >= 11 is 0. The van der Waals surface area contributed by atoms with Gasteiger partial charge >= 0.3 is 6.03 Å². The van der Waals surface area contributed by atoms with Crippen LogP contribution in [0, 0.1) is 5.92 Å². The van der Waals surface area contributed by atoms with Crippen molar-refractivity contribution in [1.29, 1.82) is 0 Å². The first-order chi connectivity index (χ1) is 19.7. The van der Waals surface area contributed by atoms with Gasteiger partial charge in [0.25, 0.3) is 21.8 Å². The summed E-state index contributed by atoms with van der Waals surface area (Å²) in [7, 11) is -2.41. The van der Waals surface area contributed by atoms with Crippen molar-refractivity contribution in [3.05, 3.63) is 90.0 Å². The zero-order valence-corrected chi connectivity index (χ0v) is 23.4. The predicted octanol–water partition coefficient (Wildman–Crippen LogP) is 4.30. The lowest BCUT2D eigenvalue weighted by Gasteiger charge is -2.25. The maximum absolute atomic E-state index is 13.4. The summed E-state index contributed by atoms with van der Waals surface area (Å²) in [5.74, 6) is -1.03. The molecule has 3 aromatic carbocycles. The number of urea groups is 1. The maximum Gasteiger partial charge on any atom is 0.321 e. The molecule has 3 N–H and O–H groups in total. The summed E-state index contributed by atoms with van der Waals surface area (Å²) < 4.78 is 27.1. The van der Waals surface area contributed by atoms with Gasteiger partial charge in [0.2, 0.25) is 6.17 Å². The highest BCUT2D eigenvalue weighted by atomic mass is 32.2. The molecule has 1 aliphatic heterocycles. The minimum Gasteiger partial charge on any atom is -0.311 e. The summed E-state index contributed by atoms with van der Waals surface area (Å²) in [5.41, 5.74) is 2.73. The van der Waals surface area contributed by atoms with E-state index in [1.807, 2.05) is 29.0 Å². The quantitative estimate of drug-likeness (QED) is 0.404. The average Bonchev–Trinajstić information content (AvgIpc) is 3.08. The Bertz CT molecular complexity index is 1600. The summed E-state index contributed by atoms with van der Waals surface area (Å²) in [6, 6.07) is 20.3. The lowest BCUT2D eigenvalue weighted by Crippen LogP contribution is -2.47. The molecule has 0 spiro atoms. The molecule has 11 heteroatoms. The van der Waals surface area contributed by atoms with Crippen molar-refractivity contribution >= 4 is 45.0 Å². The van der Waals surface area contributed by atoms with Crippen molar-refractivity contribution in [2.75, 3.05) is 17.3 Å². The largest absolute Gasteiger partial charge is 0.321 e. The smallest absolute Gasteiger partial charge is 0.311 e. The minimum atomic E-state index is -4.07. The van der Waals surface area contributed by atoms with Crippen LogP contribution in [0.5, 0.6) is 0 Å². The number of sulfonamides is 1. The van der Waals surface area contributed by atoms with E-state index in [-0.39, 0.29) is 28.0 Å². The van der Waals surface area contributed by atoms with Gasteiger partial charge in [-0.3, -0.25) is 14.6 Å². The third kappa shape index (κ3) is 6.30. The SMILES string of the molecule is CN1C(=O)C(NC(=O)Nc2cccc(C(=O)NS(=O)(=O)c3ccccc3)c2)N=C(C2CCCCC2)c2ccccc21. The molecule has 1 unspecified atom stereocenters. The molecular weight excluding hydrogens is 542 g/mol. The van der Waals surface area contributed by atoms with Gasteiger partial charge < -0.3 is 15.5 Å². The van der Waals surface area contributed by atoms with E-state index in [9.17, 15) is 22.8 Å². The van der Waals surface area contributed by atoms with Crippen LogP contribution >= 0.6 is 0 Å². The molecule has 2 aliphatic rings. The molecule has 0 bridgehead atoms. The molecule has 0 radical (unpaired) electrons. The number of benzene rings is 3. The predicted molar refractivity (Wildman–Crippen MR) is 156 cm³/mol. The van der Waals surface area contributed by atoms with Crippen molar-refractivity contribution < 1.29 is 22.8 Å². The molecule has 4 amide bonds. The number of carbonyl (C=O) groups is 3. The molecule has 0 aromatic heterocycles. The van der Waals surface area contributed by atoms with Crippen molar-refractivity contribution in [3.8, 4) is 0 Å². The number of amides is 4. The fourth-order valence-corrected chi connectivity index (χ4v) is 6.21. The van der Waals surface area contributed by atoms with Crippen LogP contribution in [0.3, 0.4) is 0 Å². The van der Waals surface area contributed by atoms with Gasteiger partial charge in [-0.1, -0.05) is 61.7 Å². The number of anilines is 2. The van der Waals surface area contributed by atoms with Gasteiger partial charge in [0.05, 0.1) is 16.3 Å². The molecule has 5 rings (SSSR count). The third-order valence-electron chi connectivity index (χ3n) is 7.30. The Kier molecular flexibility index (Phi) is 8.16. The van der Waals surface area contributed by atoms with E-state index >= 15 is 0 Å². The van der Waals surface area contributed by atoms with E-state index in [2.05, 4.69) is 10.6 Å². The molecular formula is C30H31N5O5S. The van der Waals surface area contributed by atoms with Crippen LogP contribution in [0.25, 0.3) is 0 Å². The zero-order valence-electron chi connectivity index (χ0n) is 22.5. The second-order valence-electron chi connectivity index (χ2n) is 10.1. The lowest BCUT2D eigenvalue weighted by atomic mass is 9.83. The number of nitrogens with one attached hydrogen (secondary N) is 3. The Morgan fingerprint density at radius 1 is 0.902 bits per heavy atom. The van der Waals surface area contributed by atoms with Gasteiger partial charge in [0.1, 0.15) is 0 Å². The number of fused-ring (bicyclic) bond motifs is 1. The number of para-hydroxylation sites is 1. The lowest BCUT2D eigenvalue weighted by molar-refractivity contribution is -0.119. The van der Waals surface area contributed by atoms with E-state index in [4.69, 9.17) is 4.99 Å². The van der Waals surface area contributed by atoms with Crippen LogP contribution in [0.1, 0.15) is 48.0 Å². The number of carbonyl (C=O) groups excluding carboxylic acids is 3. The molecule has 10 nitrogen and oxygen atoms in total. The Labute approximate surface area is 238 Å². The van der Waals surface area contributed by atoms with Gasteiger partial charge in [-0.2, -0.15) is 0 Å². The zero-order chi connectivity index (χ0) is 29.0. The van der Waals surface area contributed by atoms with E-state index < -0.39 is 28.1 Å². The van der Waals surface area contributed by atoms with Crippen LogP contribution in [0.2, 0.25) is 0 Å². The molecule has 1 heterocycles. The molecule has 1 aliphatic carbocycles. The molecule has 41 heavy (non-hydrogen) atoms. The van der Waals surface area contributed by atoms with Gasteiger partial charge in [-0.15, -0.1) is 0 Å². The Morgan fingerprint density at radius 2 is 1.61 bits per heavy atom. The maximum atomic E-state index is 13.4. The highest BCUT2D eigenvalue weighted by Gasteiger charge is 2.33. The van der Waals surface area contributed by atoms with Crippen LogP contribution < -0.4 is 20.3 Å². The van der Waals surface area contributed by atoms with E-state index in [0.717, 1.165) is 42.6 Å². The van der Waals surface area contributed by atoms with Crippen LogP contribution in [0.4, 0.5) is 16.2 Å². The van der Waals surface area contributed by atoms with Crippen LogP contribution in [-0.4, -0.2) is 45.2 Å². The van der Waals surface area contributed by atoms with Crippen molar-refractivity contribution in [3.63, 3.8) is 0 Å². The highest BCUT2D eigenvalue weighted by Crippen LogP contribution is 2.33. The van der Waals surface area contributed by atoms with E-state index in [1.165, 1.54) is 41.7 Å². The number of rotatable bonds is 6. The molecule has 1 fully saturated rings. The number of nitrogens with zero attached hydrogens (tertiary/aromatic N) is 2. The van der Waals surface area contributed by atoms with Gasteiger partial charge in [0, 0.05) is 29.8 Å². The number of likely N-dealkylation sites (N-methyl/N-ethyl adjacent to an activating group) is 1.